The molecule has 0 amide bonds. The van der Waals surface area contributed by atoms with Crippen molar-refractivity contribution in [3.8, 4) is 0 Å². The zero-order valence-electron chi connectivity index (χ0n) is 13.4. The van der Waals surface area contributed by atoms with Crippen LogP contribution in [0.1, 0.15) is 59.3 Å². The van der Waals surface area contributed by atoms with Crippen LogP contribution >= 0.6 is 0 Å². The zero-order chi connectivity index (χ0) is 15.4. The number of rotatable bonds is 5. The molecule has 0 nitrogen and oxygen atoms in total. The van der Waals surface area contributed by atoms with E-state index in [1.165, 1.54) is 30.1 Å². The second kappa shape index (κ2) is 7.20. The first-order valence-electron chi connectivity index (χ1n) is 8.12. The Labute approximate surface area is 127 Å². The summed E-state index contributed by atoms with van der Waals surface area (Å²) >= 11 is 0. The number of hydrogen-bond acceptors (Lipinski definition) is 0. The highest BCUT2D eigenvalue weighted by Crippen LogP contribution is 2.35. The molecule has 0 spiro atoms. The molecule has 0 bridgehead atoms. The fourth-order valence-electron chi connectivity index (χ4n) is 3.02. The molecule has 0 aromatic rings. The molecule has 0 aromatic carbocycles. The summed E-state index contributed by atoms with van der Waals surface area (Å²) in [6.45, 7) is 6.82. The maximum absolute atomic E-state index is 13.3. The quantitative estimate of drug-likeness (QED) is 0.537. The largest absolute Gasteiger partial charge is 0.209 e. The summed E-state index contributed by atoms with van der Waals surface area (Å²) in [6.07, 6.45) is 11.0. The van der Waals surface area contributed by atoms with Crippen LogP contribution in [0.4, 0.5) is 8.78 Å². The third-order valence-corrected chi connectivity index (χ3v) is 4.58. The molecule has 2 aliphatic rings. The molecule has 1 unspecified atom stereocenters. The monoisotopic (exact) mass is 292 g/mol. The van der Waals surface area contributed by atoms with Crippen molar-refractivity contribution < 1.29 is 8.78 Å². The molecule has 116 valence electrons. The maximum atomic E-state index is 13.3. The Bertz CT molecular complexity index is 504. The Kier molecular flexibility index (Phi) is 5.55. The van der Waals surface area contributed by atoms with Gasteiger partial charge in [-0.1, -0.05) is 44.9 Å². The number of halogens is 2. The van der Waals surface area contributed by atoms with Gasteiger partial charge < -0.3 is 0 Å². The summed E-state index contributed by atoms with van der Waals surface area (Å²) in [7, 11) is 0. The van der Waals surface area contributed by atoms with Gasteiger partial charge in [0, 0.05) is 6.42 Å². The van der Waals surface area contributed by atoms with Gasteiger partial charge in [-0.25, -0.2) is 8.78 Å². The molecule has 0 saturated heterocycles. The molecule has 0 aromatic heterocycles. The minimum Gasteiger partial charge on any atom is -0.209 e. The lowest BCUT2D eigenvalue weighted by Crippen LogP contribution is -2.06. The Morgan fingerprint density at radius 1 is 0.905 bits per heavy atom. The summed E-state index contributed by atoms with van der Waals surface area (Å²) in [4.78, 5) is 0. The molecule has 0 N–H and O–H groups in total. The van der Waals surface area contributed by atoms with Crippen LogP contribution in [0.15, 0.2) is 46.6 Å². The zero-order valence-corrected chi connectivity index (χ0v) is 13.4. The van der Waals surface area contributed by atoms with Gasteiger partial charge >= 0.3 is 0 Å². The lowest BCUT2D eigenvalue weighted by atomic mass is 9.83. The van der Waals surface area contributed by atoms with Crippen molar-refractivity contribution >= 4 is 0 Å². The smallest absolute Gasteiger partial charge is 0.154 e. The molecule has 0 fully saturated rings. The summed E-state index contributed by atoms with van der Waals surface area (Å²) in [5.41, 5.74) is 3.65. The maximum Gasteiger partial charge on any atom is 0.154 e. The van der Waals surface area contributed by atoms with Crippen molar-refractivity contribution in [2.45, 2.75) is 59.3 Å². The van der Waals surface area contributed by atoms with E-state index in [0.717, 1.165) is 24.3 Å². The standard InChI is InChI=1S/C19H26F2/c1-13(2)4-5-14(3)15-6-8-16(9-7-15)17-10-11-18(20)19(21)12-17/h6,8,12-14H,4-5,7,9-11H2,1-3H3. The SMILES string of the molecule is CC(C)CCC(C)C1=CC=C(C2=CC(F)=C(F)CC2)CC1. The van der Waals surface area contributed by atoms with Crippen molar-refractivity contribution in [1.82, 2.24) is 0 Å². The van der Waals surface area contributed by atoms with E-state index >= 15 is 0 Å². The van der Waals surface area contributed by atoms with Crippen LogP contribution in [0.2, 0.25) is 0 Å². The fourth-order valence-corrected chi connectivity index (χ4v) is 3.02. The van der Waals surface area contributed by atoms with Crippen molar-refractivity contribution in [2.75, 3.05) is 0 Å². The summed E-state index contributed by atoms with van der Waals surface area (Å²) in [5, 5.41) is 0. The predicted octanol–water partition coefficient (Wildman–Crippen LogP) is 6.58. The van der Waals surface area contributed by atoms with Crippen LogP contribution < -0.4 is 0 Å². The lowest BCUT2D eigenvalue weighted by molar-refractivity contribution is 0.479. The number of hydrogen-bond donors (Lipinski definition) is 0. The van der Waals surface area contributed by atoms with Crippen molar-refractivity contribution in [3.63, 3.8) is 0 Å². The molecule has 2 heteroatoms. The highest BCUT2D eigenvalue weighted by atomic mass is 19.2. The topological polar surface area (TPSA) is 0 Å². The van der Waals surface area contributed by atoms with Gasteiger partial charge in [-0.15, -0.1) is 0 Å². The van der Waals surface area contributed by atoms with E-state index in [-0.39, 0.29) is 6.42 Å². The highest BCUT2D eigenvalue weighted by molar-refractivity contribution is 5.43. The Morgan fingerprint density at radius 2 is 1.62 bits per heavy atom. The second-order valence-corrected chi connectivity index (χ2v) is 6.73. The average molecular weight is 292 g/mol. The van der Waals surface area contributed by atoms with E-state index in [1.54, 1.807) is 0 Å². The van der Waals surface area contributed by atoms with E-state index in [4.69, 9.17) is 0 Å². The van der Waals surface area contributed by atoms with E-state index in [2.05, 4.69) is 32.9 Å². The van der Waals surface area contributed by atoms with Gasteiger partial charge in [0.05, 0.1) is 0 Å². The molecule has 0 saturated carbocycles. The lowest BCUT2D eigenvalue weighted by Gasteiger charge is -2.23. The molecule has 1 atom stereocenters. The van der Waals surface area contributed by atoms with Crippen LogP contribution in [-0.2, 0) is 0 Å². The highest BCUT2D eigenvalue weighted by Gasteiger charge is 2.19. The van der Waals surface area contributed by atoms with Crippen LogP contribution in [0, 0.1) is 11.8 Å². The number of allylic oxidation sites excluding steroid dienone is 8. The van der Waals surface area contributed by atoms with Gasteiger partial charge in [-0.2, -0.15) is 0 Å². The van der Waals surface area contributed by atoms with Gasteiger partial charge in [-0.05, 0) is 54.7 Å². The first-order chi connectivity index (χ1) is 9.97. The third kappa shape index (κ3) is 4.39. The minimum atomic E-state index is -0.683. The van der Waals surface area contributed by atoms with Crippen LogP contribution in [0.5, 0.6) is 0 Å². The van der Waals surface area contributed by atoms with Crippen LogP contribution in [0.25, 0.3) is 0 Å². The van der Waals surface area contributed by atoms with Gasteiger partial charge in [0.1, 0.15) is 5.83 Å². The van der Waals surface area contributed by atoms with Crippen molar-refractivity contribution in [3.05, 3.63) is 46.6 Å². The van der Waals surface area contributed by atoms with Gasteiger partial charge in [-0.3, -0.25) is 0 Å². The van der Waals surface area contributed by atoms with Crippen LogP contribution in [0.3, 0.4) is 0 Å². The Morgan fingerprint density at radius 3 is 2.19 bits per heavy atom. The van der Waals surface area contributed by atoms with E-state index in [0.29, 0.717) is 12.3 Å². The van der Waals surface area contributed by atoms with Gasteiger partial charge in [0.25, 0.3) is 0 Å². The average Bonchev–Trinajstić information content (AvgIpc) is 2.48. The first kappa shape index (κ1) is 16.2. The summed E-state index contributed by atoms with van der Waals surface area (Å²) < 4.78 is 26.4. The van der Waals surface area contributed by atoms with E-state index in [9.17, 15) is 8.78 Å². The van der Waals surface area contributed by atoms with Gasteiger partial charge in [0.15, 0.2) is 5.83 Å². The molecule has 0 radical (unpaired) electrons. The summed E-state index contributed by atoms with van der Waals surface area (Å²) in [6, 6.07) is 0. The van der Waals surface area contributed by atoms with Crippen molar-refractivity contribution in [1.29, 1.82) is 0 Å². The van der Waals surface area contributed by atoms with E-state index in [1.807, 2.05) is 0 Å². The molecular weight excluding hydrogens is 266 g/mol. The molecule has 2 aliphatic carbocycles. The Hall–Kier alpha value is -1.18. The normalized spacial score (nSPS) is 21.1. The molecule has 0 aliphatic heterocycles. The third-order valence-electron chi connectivity index (χ3n) is 4.58. The molecule has 21 heavy (non-hydrogen) atoms. The predicted molar refractivity (Wildman–Crippen MR) is 85.2 cm³/mol. The molecule has 2 rings (SSSR count). The van der Waals surface area contributed by atoms with Crippen LogP contribution in [-0.4, -0.2) is 0 Å². The second-order valence-electron chi connectivity index (χ2n) is 6.73. The van der Waals surface area contributed by atoms with E-state index < -0.39 is 11.7 Å². The summed E-state index contributed by atoms with van der Waals surface area (Å²) in [5.74, 6) is 0.0883. The minimum absolute atomic E-state index is 0.205. The molecular formula is C19H26F2. The fraction of sp³-hybridized carbons (Fsp3) is 0.579. The first-order valence-corrected chi connectivity index (χ1v) is 8.12. The van der Waals surface area contributed by atoms with Crippen molar-refractivity contribution in [2.24, 2.45) is 11.8 Å². The Balaban J connectivity index is 2.02. The van der Waals surface area contributed by atoms with Gasteiger partial charge in [0.2, 0.25) is 0 Å². The molecule has 0 heterocycles.